The smallest absolute Gasteiger partial charge is 0.348 e. The van der Waals surface area contributed by atoms with Crippen LogP contribution >= 0.6 is 23.1 Å². The molecule has 25 heavy (non-hydrogen) atoms. The first kappa shape index (κ1) is 17.9. The molecule has 0 saturated carbocycles. The van der Waals surface area contributed by atoms with E-state index in [2.05, 4.69) is 5.32 Å². The fraction of sp³-hybridized carbons (Fsp3) is 0.500. The number of carbonyl (C=O) groups is 4. The molecule has 1 aromatic heterocycles. The Kier molecular flexibility index (Phi) is 5.74. The number of rotatable bonds is 6. The number of imide groups is 1. The Morgan fingerprint density at radius 2 is 2.04 bits per heavy atom. The molecule has 7 nitrogen and oxygen atoms in total. The van der Waals surface area contributed by atoms with Crippen molar-refractivity contribution < 1.29 is 23.9 Å². The predicted molar refractivity (Wildman–Crippen MR) is 93.8 cm³/mol. The number of fused-ring (bicyclic) bond motifs is 1. The van der Waals surface area contributed by atoms with Gasteiger partial charge in [0.15, 0.2) is 6.61 Å². The van der Waals surface area contributed by atoms with Crippen LogP contribution < -0.4 is 5.32 Å². The number of hydrogen-bond donors (Lipinski definition) is 1. The number of ether oxygens (including phenoxy) is 1. The van der Waals surface area contributed by atoms with Gasteiger partial charge in [-0.15, -0.1) is 11.3 Å². The second-order valence-corrected chi connectivity index (χ2v) is 7.86. The summed E-state index contributed by atoms with van der Waals surface area (Å²) in [5.74, 6) is -1.05. The quantitative estimate of drug-likeness (QED) is 0.751. The zero-order valence-electron chi connectivity index (χ0n) is 13.5. The lowest BCUT2D eigenvalue weighted by Gasteiger charge is -2.13. The van der Waals surface area contributed by atoms with Gasteiger partial charge in [-0.25, -0.2) is 4.79 Å². The molecule has 3 amide bonds. The normalized spacial score (nSPS) is 16.7. The van der Waals surface area contributed by atoms with E-state index in [0.717, 1.165) is 42.3 Å². The topological polar surface area (TPSA) is 92.8 Å². The van der Waals surface area contributed by atoms with Crippen LogP contribution in [-0.2, 0) is 27.2 Å². The van der Waals surface area contributed by atoms with Gasteiger partial charge in [-0.2, -0.15) is 0 Å². The molecule has 1 aliphatic carbocycles. The molecule has 0 spiro atoms. The molecular weight excluding hydrogens is 364 g/mol. The van der Waals surface area contributed by atoms with Gasteiger partial charge in [0.1, 0.15) is 4.88 Å². The molecule has 1 fully saturated rings. The molecule has 0 aromatic carbocycles. The number of nitrogens with zero attached hydrogens (tertiary/aromatic N) is 1. The molecule has 1 aromatic rings. The lowest BCUT2D eigenvalue weighted by atomic mass is 9.99. The number of amides is 3. The lowest BCUT2D eigenvalue weighted by molar-refractivity contribution is -0.126. The maximum Gasteiger partial charge on any atom is 0.348 e. The highest BCUT2D eigenvalue weighted by Crippen LogP contribution is 2.29. The highest BCUT2D eigenvalue weighted by molar-refractivity contribution is 8.14. The molecule has 0 atom stereocenters. The minimum atomic E-state index is -0.490. The summed E-state index contributed by atoms with van der Waals surface area (Å²) < 4.78 is 5.04. The summed E-state index contributed by atoms with van der Waals surface area (Å²) in [6.45, 7) is -0.109. The van der Waals surface area contributed by atoms with Crippen molar-refractivity contribution >= 4 is 46.1 Å². The number of thiophene rings is 1. The van der Waals surface area contributed by atoms with E-state index >= 15 is 0 Å². The fourth-order valence-electron chi connectivity index (χ4n) is 2.75. The Morgan fingerprint density at radius 3 is 2.76 bits per heavy atom. The Bertz CT molecular complexity index is 676. The Labute approximate surface area is 153 Å². The zero-order chi connectivity index (χ0) is 17.8. The average molecular weight is 382 g/mol. The Balaban J connectivity index is 1.40. The molecule has 0 unspecified atom stereocenters. The second-order valence-electron chi connectivity index (χ2n) is 5.79. The van der Waals surface area contributed by atoms with E-state index in [-0.39, 0.29) is 36.6 Å². The monoisotopic (exact) mass is 382 g/mol. The van der Waals surface area contributed by atoms with Gasteiger partial charge in [0.2, 0.25) is 5.91 Å². The van der Waals surface area contributed by atoms with Crippen molar-refractivity contribution in [3.63, 3.8) is 0 Å². The van der Waals surface area contributed by atoms with E-state index in [1.807, 2.05) is 6.07 Å². The van der Waals surface area contributed by atoms with Crippen molar-refractivity contribution in [3.05, 3.63) is 21.4 Å². The Hall–Kier alpha value is -1.87. The van der Waals surface area contributed by atoms with Crippen LogP contribution in [0, 0.1) is 0 Å². The maximum absolute atomic E-state index is 12.0. The van der Waals surface area contributed by atoms with E-state index in [1.165, 1.54) is 21.8 Å². The Morgan fingerprint density at radius 1 is 1.24 bits per heavy atom. The van der Waals surface area contributed by atoms with Crippen LogP contribution in [0.4, 0.5) is 4.79 Å². The number of hydrogen-bond acceptors (Lipinski definition) is 7. The van der Waals surface area contributed by atoms with Crippen molar-refractivity contribution in [3.8, 4) is 0 Å². The lowest BCUT2D eigenvalue weighted by Crippen LogP contribution is -2.38. The fourth-order valence-corrected chi connectivity index (χ4v) is 4.65. The molecule has 0 radical (unpaired) electrons. The number of thioether (sulfide) groups is 1. The summed E-state index contributed by atoms with van der Waals surface area (Å²) in [5, 5.41) is 2.24. The van der Waals surface area contributed by atoms with E-state index < -0.39 is 11.9 Å². The summed E-state index contributed by atoms with van der Waals surface area (Å²) in [4.78, 5) is 49.5. The van der Waals surface area contributed by atoms with Gasteiger partial charge in [0, 0.05) is 18.0 Å². The summed E-state index contributed by atoms with van der Waals surface area (Å²) in [6.07, 6.45) is 4.28. The highest BCUT2D eigenvalue weighted by atomic mass is 32.2. The van der Waals surface area contributed by atoms with Gasteiger partial charge >= 0.3 is 5.97 Å². The first-order valence-corrected chi connectivity index (χ1v) is 9.87. The van der Waals surface area contributed by atoms with E-state index in [0.29, 0.717) is 4.88 Å². The average Bonchev–Trinajstić information content (AvgIpc) is 3.17. The molecule has 2 heterocycles. The first-order chi connectivity index (χ1) is 12.0. The third-order valence-electron chi connectivity index (χ3n) is 4.03. The van der Waals surface area contributed by atoms with Crippen molar-refractivity contribution in [2.24, 2.45) is 0 Å². The number of nitrogens with one attached hydrogen (secondary N) is 1. The summed E-state index contributed by atoms with van der Waals surface area (Å²) in [6, 6.07) is 1.86. The number of carbonyl (C=O) groups excluding carboxylic acids is 4. The summed E-state index contributed by atoms with van der Waals surface area (Å²) >= 11 is 2.39. The molecule has 9 heteroatoms. The van der Waals surface area contributed by atoms with E-state index in [4.69, 9.17) is 4.74 Å². The van der Waals surface area contributed by atoms with Gasteiger partial charge in [-0.3, -0.25) is 19.3 Å². The van der Waals surface area contributed by atoms with Gasteiger partial charge in [-0.05, 0) is 37.3 Å². The van der Waals surface area contributed by atoms with Crippen LogP contribution in [0.15, 0.2) is 6.07 Å². The van der Waals surface area contributed by atoms with Gasteiger partial charge in [0.25, 0.3) is 11.1 Å². The largest absolute Gasteiger partial charge is 0.451 e. The third kappa shape index (κ3) is 4.40. The van der Waals surface area contributed by atoms with Crippen molar-refractivity contribution in [1.29, 1.82) is 0 Å². The number of esters is 1. The summed E-state index contributed by atoms with van der Waals surface area (Å²) in [7, 11) is 0. The molecule has 3 rings (SSSR count). The third-order valence-corrected chi connectivity index (χ3v) is 6.11. The summed E-state index contributed by atoms with van der Waals surface area (Å²) in [5.41, 5.74) is 1.21. The minimum Gasteiger partial charge on any atom is -0.451 e. The van der Waals surface area contributed by atoms with Crippen LogP contribution in [0.3, 0.4) is 0 Å². The van der Waals surface area contributed by atoms with Gasteiger partial charge in [0.05, 0.1) is 5.75 Å². The standard InChI is InChI=1S/C16H18N2O5S2/c19-13(17-5-6-18-14(20)9-24-16(18)22)8-23-15(21)12-7-10-3-1-2-4-11(10)25-12/h7H,1-6,8-9H2,(H,17,19). The van der Waals surface area contributed by atoms with Crippen molar-refractivity contribution in [2.45, 2.75) is 25.7 Å². The SMILES string of the molecule is O=C(COC(=O)c1cc2c(s1)CCCC2)NCCN1C(=O)CSC1=O. The highest BCUT2D eigenvalue weighted by Gasteiger charge is 2.29. The van der Waals surface area contributed by atoms with Crippen LogP contribution in [0.5, 0.6) is 0 Å². The molecule has 2 aliphatic rings. The van der Waals surface area contributed by atoms with E-state index in [1.54, 1.807) is 0 Å². The molecule has 1 N–H and O–H groups in total. The van der Waals surface area contributed by atoms with Crippen LogP contribution in [0.1, 0.15) is 33.0 Å². The number of aryl methyl sites for hydroxylation is 2. The van der Waals surface area contributed by atoms with Crippen molar-refractivity contribution in [1.82, 2.24) is 10.2 Å². The maximum atomic E-state index is 12.0. The van der Waals surface area contributed by atoms with Crippen molar-refractivity contribution in [2.75, 3.05) is 25.4 Å². The predicted octanol–water partition coefficient (Wildman–Crippen LogP) is 1.60. The van der Waals surface area contributed by atoms with Gasteiger partial charge < -0.3 is 10.1 Å². The minimum absolute atomic E-state index is 0.127. The van der Waals surface area contributed by atoms with Gasteiger partial charge in [-0.1, -0.05) is 11.8 Å². The molecule has 1 aliphatic heterocycles. The van der Waals surface area contributed by atoms with Crippen LogP contribution in [0.2, 0.25) is 0 Å². The second kappa shape index (κ2) is 8.01. The molecular formula is C16H18N2O5S2. The zero-order valence-corrected chi connectivity index (χ0v) is 15.2. The molecule has 134 valence electrons. The van der Waals surface area contributed by atoms with Crippen LogP contribution in [-0.4, -0.2) is 53.4 Å². The first-order valence-electron chi connectivity index (χ1n) is 8.07. The molecule has 1 saturated heterocycles. The van der Waals surface area contributed by atoms with Crippen LogP contribution in [0.25, 0.3) is 0 Å². The van der Waals surface area contributed by atoms with E-state index in [9.17, 15) is 19.2 Å². The molecule has 0 bridgehead atoms.